The van der Waals surface area contributed by atoms with E-state index in [4.69, 9.17) is 4.74 Å². The fourth-order valence-electron chi connectivity index (χ4n) is 5.34. The fraction of sp³-hybridized carbons (Fsp3) is 0.516. The van der Waals surface area contributed by atoms with Crippen molar-refractivity contribution in [2.75, 3.05) is 6.54 Å². The highest BCUT2D eigenvalue weighted by Crippen LogP contribution is 2.42. The molecule has 0 aliphatic carbocycles. The van der Waals surface area contributed by atoms with Crippen molar-refractivity contribution in [1.82, 2.24) is 10.2 Å². The number of nitrogens with zero attached hydrogens (tertiary/aromatic N) is 1. The van der Waals surface area contributed by atoms with Crippen molar-refractivity contribution in [3.63, 3.8) is 0 Å². The van der Waals surface area contributed by atoms with Crippen molar-refractivity contribution in [3.8, 4) is 11.1 Å². The number of ether oxygens (including phenoxy) is 1. The fourth-order valence-corrected chi connectivity index (χ4v) is 5.34. The molecule has 1 aliphatic heterocycles. The highest BCUT2D eigenvalue weighted by molar-refractivity contribution is 5.84. The van der Waals surface area contributed by atoms with Gasteiger partial charge >= 0.3 is 5.97 Å². The molecule has 3 rings (SSSR count). The van der Waals surface area contributed by atoms with Crippen LogP contribution in [0.15, 0.2) is 36.7 Å². The standard InChI is InChI=1S/C31H44N2O3/c1-10-11-20(3)32-23(6)33-17-16-25-21(4)28(29(30(34)35)36-31(7,8)9)27(22(5)26(25)18-33)24-14-12-19(2)13-15-24/h12-15,20,29,32H,6,10-11,16-18H2,1-5,7-9H3,(H,34,35)/t20?,29-/m0/s1. The van der Waals surface area contributed by atoms with E-state index in [2.05, 4.69) is 75.7 Å². The minimum atomic E-state index is -1.05. The van der Waals surface area contributed by atoms with Gasteiger partial charge in [-0.2, -0.15) is 0 Å². The molecular weight excluding hydrogens is 448 g/mol. The van der Waals surface area contributed by atoms with Gasteiger partial charge in [-0.25, -0.2) is 4.79 Å². The quantitative estimate of drug-likeness (QED) is 0.402. The van der Waals surface area contributed by atoms with E-state index in [9.17, 15) is 9.90 Å². The number of rotatable bonds is 9. The molecule has 2 aromatic rings. The van der Waals surface area contributed by atoms with Gasteiger partial charge in [0.1, 0.15) is 0 Å². The minimum Gasteiger partial charge on any atom is -0.479 e. The molecule has 1 unspecified atom stereocenters. The molecule has 0 saturated carbocycles. The van der Waals surface area contributed by atoms with Gasteiger partial charge in [0.05, 0.1) is 11.4 Å². The molecule has 2 N–H and O–H groups in total. The molecule has 5 heteroatoms. The SMILES string of the molecule is C=C(NC(C)CCC)N1CCc2c(C)c([C@H](OC(C)(C)C)C(=O)O)c(-c3ccc(C)cc3)c(C)c2C1. The molecule has 2 atom stereocenters. The van der Waals surface area contributed by atoms with Crippen molar-refractivity contribution < 1.29 is 14.6 Å². The van der Waals surface area contributed by atoms with Crippen molar-refractivity contribution in [1.29, 1.82) is 0 Å². The summed E-state index contributed by atoms with van der Waals surface area (Å²) in [7, 11) is 0. The number of nitrogens with one attached hydrogen (secondary N) is 1. The van der Waals surface area contributed by atoms with Crippen LogP contribution in [0.5, 0.6) is 0 Å². The predicted molar refractivity (Wildman–Crippen MR) is 148 cm³/mol. The molecule has 1 aliphatic rings. The molecule has 36 heavy (non-hydrogen) atoms. The van der Waals surface area contributed by atoms with Gasteiger partial charge in [-0.3, -0.25) is 0 Å². The Labute approximate surface area is 217 Å². The van der Waals surface area contributed by atoms with Crippen molar-refractivity contribution >= 4 is 5.97 Å². The number of aryl methyl sites for hydroxylation is 1. The van der Waals surface area contributed by atoms with E-state index in [-0.39, 0.29) is 0 Å². The van der Waals surface area contributed by atoms with Crippen LogP contribution in [-0.4, -0.2) is 34.2 Å². The van der Waals surface area contributed by atoms with E-state index in [1.165, 1.54) is 16.7 Å². The molecule has 0 fully saturated rings. The van der Waals surface area contributed by atoms with Gasteiger partial charge in [0, 0.05) is 24.7 Å². The number of hydrogen-bond acceptors (Lipinski definition) is 4. The third-order valence-corrected chi connectivity index (χ3v) is 7.11. The maximum atomic E-state index is 12.6. The highest BCUT2D eigenvalue weighted by atomic mass is 16.5. The second kappa shape index (κ2) is 11.1. The summed E-state index contributed by atoms with van der Waals surface area (Å²) >= 11 is 0. The summed E-state index contributed by atoms with van der Waals surface area (Å²) in [5.41, 5.74) is 8.01. The van der Waals surface area contributed by atoms with E-state index in [1.807, 2.05) is 20.8 Å². The number of carbonyl (C=O) groups is 1. The molecule has 0 aromatic heterocycles. The van der Waals surface area contributed by atoms with E-state index in [0.29, 0.717) is 6.04 Å². The molecule has 5 nitrogen and oxygen atoms in total. The van der Waals surface area contributed by atoms with Crippen LogP contribution in [0, 0.1) is 20.8 Å². The number of aliphatic carboxylic acids is 1. The third-order valence-electron chi connectivity index (χ3n) is 7.11. The first-order chi connectivity index (χ1) is 16.8. The van der Waals surface area contributed by atoms with E-state index in [0.717, 1.165) is 66.0 Å². The lowest BCUT2D eigenvalue weighted by Crippen LogP contribution is -2.39. The summed E-state index contributed by atoms with van der Waals surface area (Å²) in [4.78, 5) is 14.9. The Morgan fingerprint density at radius 3 is 2.33 bits per heavy atom. The molecule has 0 spiro atoms. The Morgan fingerprint density at radius 2 is 1.78 bits per heavy atom. The van der Waals surface area contributed by atoms with Gasteiger partial charge in [-0.15, -0.1) is 0 Å². The van der Waals surface area contributed by atoms with E-state index in [1.54, 1.807) is 0 Å². The maximum absolute atomic E-state index is 12.6. The summed E-state index contributed by atoms with van der Waals surface area (Å²) in [6.45, 7) is 22.3. The molecule has 0 bridgehead atoms. The Balaban J connectivity index is 2.17. The normalized spacial score (nSPS) is 15.3. The van der Waals surface area contributed by atoms with Gasteiger partial charge in [0.25, 0.3) is 0 Å². The lowest BCUT2D eigenvalue weighted by molar-refractivity contribution is -0.160. The van der Waals surface area contributed by atoms with Crippen LogP contribution in [0.25, 0.3) is 11.1 Å². The monoisotopic (exact) mass is 492 g/mol. The van der Waals surface area contributed by atoms with Gasteiger partial charge in [0.2, 0.25) is 0 Å². The zero-order valence-corrected chi connectivity index (χ0v) is 23.4. The van der Waals surface area contributed by atoms with Gasteiger partial charge < -0.3 is 20.1 Å². The first-order valence-corrected chi connectivity index (χ1v) is 13.2. The Kier molecular flexibility index (Phi) is 8.55. The third kappa shape index (κ3) is 6.12. The van der Waals surface area contributed by atoms with E-state index >= 15 is 0 Å². The summed E-state index contributed by atoms with van der Waals surface area (Å²) in [6, 6.07) is 8.73. The number of fused-ring (bicyclic) bond motifs is 1. The number of carboxylic acid groups (broad SMARTS) is 1. The zero-order valence-electron chi connectivity index (χ0n) is 23.4. The van der Waals surface area contributed by atoms with Gasteiger partial charge in [0.15, 0.2) is 6.10 Å². The molecule has 1 heterocycles. The number of hydrogen-bond donors (Lipinski definition) is 2. The van der Waals surface area contributed by atoms with Crippen molar-refractivity contribution in [2.24, 2.45) is 0 Å². The Morgan fingerprint density at radius 1 is 1.14 bits per heavy atom. The lowest BCUT2D eigenvalue weighted by atomic mass is 9.80. The topological polar surface area (TPSA) is 61.8 Å². The molecule has 196 valence electrons. The predicted octanol–water partition coefficient (Wildman–Crippen LogP) is 6.83. The van der Waals surface area contributed by atoms with Gasteiger partial charge in [-0.05, 0) is 94.7 Å². The van der Waals surface area contributed by atoms with Crippen LogP contribution < -0.4 is 5.32 Å². The van der Waals surface area contributed by atoms with Crippen molar-refractivity contribution in [2.45, 2.75) is 98.9 Å². The van der Waals surface area contributed by atoms with Crippen LogP contribution in [0.4, 0.5) is 0 Å². The Bertz CT molecular complexity index is 1110. The first-order valence-electron chi connectivity index (χ1n) is 13.2. The van der Waals surface area contributed by atoms with Crippen LogP contribution >= 0.6 is 0 Å². The molecule has 2 aromatic carbocycles. The molecule has 0 amide bonds. The Hall–Kier alpha value is -2.79. The van der Waals surface area contributed by atoms with Crippen LogP contribution in [0.1, 0.15) is 86.9 Å². The number of carboxylic acids is 1. The molecule has 0 radical (unpaired) electrons. The average Bonchev–Trinajstić information content (AvgIpc) is 2.79. The number of benzene rings is 2. The summed E-state index contributed by atoms with van der Waals surface area (Å²) in [5, 5.41) is 13.9. The molecule has 0 saturated heterocycles. The van der Waals surface area contributed by atoms with Crippen molar-refractivity contribution in [3.05, 3.63) is 70.0 Å². The van der Waals surface area contributed by atoms with Gasteiger partial charge in [-0.1, -0.05) is 49.8 Å². The summed E-state index contributed by atoms with van der Waals surface area (Å²) in [5.74, 6) is -0.000226. The average molecular weight is 493 g/mol. The minimum absolute atomic E-state index is 0.378. The van der Waals surface area contributed by atoms with Crippen LogP contribution in [0.2, 0.25) is 0 Å². The highest BCUT2D eigenvalue weighted by Gasteiger charge is 2.34. The van der Waals surface area contributed by atoms with Crippen LogP contribution in [-0.2, 0) is 22.5 Å². The molecular formula is C31H44N2O3. The zero-order chi connectivity index (χ0) is 26.8. The van der Waals surface area contributed by atoms with E-state index < -0.39 is 17.7 Å². The summed E-state index contributed by atoms with van der Waals surface area (Å²) < 4.78 is 6.19. The second-order valence-electron chi connectivity index (χ2n) is 11.3. The largest absolute Gasteiger partial charge is 0.479 e. The lowest BCUT2D eigenvalue weighted by Gasteiger charge is -2.37. The van der Waals surface area contributed by atoms with Crippen LogP contribution in [0.3, 0.4) is 0 Å². The maximum Gasteiger partial charge on any atom is 0.337 e. The summed E-state index contributed by atoms with van der Waals surface area (Å²) in [6.07, 6.45) is 2.03. The first kappa shape index (κ1) is 27.8. The second-order valence-corrected chi connectivity index (χ2v) is 11.3. The smallest absolute Gasteiger partial charge is 0.337 e.